The molecular weight excluding hydrogens is 421 g/mol. The molecule has 1 unspecified atom stereocenters. The summed E-state index contributed by atoms with van der Waals surface area (Å²) in [5.41, 5.74) is 0.655. The maximum atomic E-state index is 11.9. The molecule has 1 saturated heterocycles. The molecule has 0 spiro atoms. The van der Waals surface area contributed by atoms with Crippen LogP contribution in [0.25, 0.3) is 10.9 Å². The molecule has 9 nitrogen and oxygen atoms in total. The molecule has 0 bridgehead atoms. The Labute approximate surface area is 175 Å². The lowest BCUT2D eigenvalue weighted by atomic mass is 10.0. The molecule has 4 N–H and O–H groups in total. The molecule has 1 aliphatic heterocycles. The van der Waals surface area contributed by atoms with Gasteiger partial charge in [0.15, 0.2) is 0 Å². The van der Waals surface area contributed by atoms with Gasteiger partial charge in [0.25, 0.3) is 5.91 Å². The number of carbonyl (C=O) groups excluding carboxylic acids is 2. The van der Waals surface area contributed by atoms with Gasteiger partial charge in [-0.15, -0.1) is 0 Å². The number of urea groups is 1. The van der Waals surface area contributed by atoms with Crippen molar-refractivity contribution < 1.29 is 37.4 Å². The van der Waals surface area contributed by atoms with E-state index in [1.54, 1.807) is 13.1 Å². The van der Waals surface area contributed by atoms with E-state index in [1.165, 1.54) is 0 Å². The summed E-state index contributed by atoms with van der Waals surface area (Å²) in [6, 6.07) is 7.06. The van der Waals surface area contributed by atoms with E-state index < -0.39 is 23.7 Å². The molecule has 1 aromatic carbocycles. The van der Waals surface area contributed by atoms with Gasteiger partial charge in [-0.3, -0.25) is 15.1 Å². The highest BCUT2D eigenvalue weighted by Gasteiger charge is 2.41. The highest BCUT2D eigenvalue weighted by Crippen LogP contribution is 2.26. The average Bonchev–Trinajstić information content (AvgIpc) is 2.91. The number of carboxylic acids is 1. The zero-order valence-electron chi connectivity index (χ0n) is 16.8. The maximum absolute atomic E-state index is 11.9. The van der Waals surface area contributed by atoms with Crippen LogP contribution in [-0.4, -0.2) is 52.4 Å². The van der Waals surface area contributed by atoms with Crippen molar-refractivity contribution in [3.05, 3.63) is 30.5 Å². The lowest BCUT2D eigenvalue weighted by Crippen LogP contribution is -2.49. The number of alkyl halides is 3. The normalized spacial score (nSPS) is 18.2. The van der Waals surface area contributed by atoms with Crippen molar-refractivity contribution in [2.75, 3.05) is 11.9 Å². The number of aromatic nitrogens is 1. The number of anilines is 1. The average molecular weight is 442 g/mol. The number of benzene rings is 1. The van der Waals surface area contributed by atoms with E-state index in [0.29, 0.717) is 0 Å². The van der Waals surface area contributed by atoms with Crippen LogP contribution >= 0.6 is 0 Å². The lowest BCUT2D eigenvalue weighted by Gasteiger charge is -2.22. The molecule has 2 aromatic rings. The molecule has 168 valence electrons. The monoisotopic (exact) mass is 442 g/mol. The van der Waals surface area contributed by atoms with Crippen LogP contribution in [0.5, 0.6) is 5.75 Å². The van der Waals surface area contributed by atoms with Crippen LogP contribution in [0, 0.1) is 0 Å². The standard InChI is InChI=1S/C17H20N4O3.C2HF3O2/c1-10(2)24-11-4-5-12-13(6-7-18-14(12)8-11)19-9-17(3)15(22)20-16(23)21-17;3-2(4,5)1(6)7/h4-8,10H,9H2,1-3H3,(H,18,19)(H2,20,21,22,23);(H,6,7). The number of ether oxygens (including phenoxy) is 1. The molecular formula is C19H21F3N4O5. The Morgan fingerprint density at radius 1 is 1.29 bits per heavy atom. The number of hydrogen-bond acceptors (Lipinski definition) is 6. The fourth-order valence-corrected chi connectivity index (χ4v) is 2.60. The number of rotatable bonds is 5. The van der Waals surface area contributed by atoms with Crippen LogP contribution < -0.4 is 20.7 Å². The van der Waals surface area contributed by atoms with E-state index in [0.717, 1.165) is 22.3 Å². The van der Waals surface area contributed by atoms with Gasteiger partial charge in [-0.2, -0.15) is 13.2 Å². The van der Waals surface area contributed by atoms with E-state index in [9.17, 15) is 22.8 Å². The van der Waals surface area contributed by atoms with Crippen molar-refractivity contribution in [3.63, 3.8) is 0 Å². The second kappa shape index (κ2) is 9.06. The van der Waals surface area contributed by atoms with Gasteiger partial charge in [0.1, 0.15) is 11.3 Å². The fourth-order valence-electron chi connectivity index (χ4n) is 2.60. The number of nitrogens with zero attached hydrogens (tertiary/aromatic N) is 1. The first kappa shape index (κ1) is 23.7. The molecule has 2 heterocycles. The summed E-state index contributed by atoms with van der Waals surface area (Å²) in [5, 5.41) is 16.1. The third-order valence-corrected chi connectivity index (χ3v) is 4.08. The van der Waals surface area contributed by atoms with E-state index in [1.807, 2.05) is 38.1 Å². The van der Waals surface area contributed by atoms with Gasteiger partial charge in [0, 0.05) is 29.9 Å². The van der Waals surface area contributed by atoms with Crippen LogP contribution in [0.3, 0.4) is 0 Å². The van der Waals surface area contributed by atoms with Gasteiger partial charge in [-0.25, -0.2) is 9.59 Å². The van der Waals surface area contributed by atoms with Crippen molar-refractivity contribution in [1.82, 2.24) is 15.6 Å². The summed E-state index contributed by atoms with van der Waals surface area (Å²) in [6.07, 6.45) is -3.30. The quantitative estimate of drug-likeness (QED) is 0.524. The lowest BCUT2D eigenvalue weighted by molar-refractivity contribution is -0.192. The van der Waals surface area contributed by atoms with Crippen molar-refractivity contribution in [1.29, 1.82) is 0 Å². The minimum atomic E-state index is -5.08. The van der Waals surface area contributed by atoms with Gasteiger partial charge < -0.3 is 20.5 Å². The van der Waals surface area contributed by atoms with Crippen LogP contribution in [0.15, 0.2) is 30.5 Å². The van der Waals surface area contributed by atoms with Gasteiger partial charge in [-0.05, 0) is 39.0 Å². The minimum absolute atomic E-state index is 0.0909. The van der Waals surface area contributed by atoms with Crippen LogP contribution in [0.2, 0.25) is 0 Å². The van der Waals surface area contributed by atoms with Crippen molar-refractivity contribution in [3.8, 4) is 5.75 Å². The van der Waals surface area contributed by atoms with E-state index >= 15 is 0 Å². The Hall–Kier alpha value is -3.57. The number of hydrogen-bond donors (Lipinski definition) is 4. The van der Waals surface area contributed by atoms with Gasteiger partial charge in [0.2, 0.25) is 0 Å². The zero-order valence-corrected chi connectivity index (χ0v) is 16.8. The summed E-state index contributed by atoms with van der Waals surface area (Å²) < 4.78 is 37.4. The molecule has 31 heavy (non-hydrogen) atoms. The minimum Gasteiger partial charge on any atom is -0.491 e. The molecule has 1 aromatic heterocycles. The van der Waals surface area contributed by atoms with E-state index in [4.69, 9.17) is 14.6 Å². The summed E-state index contributed by atoms with van der Waals surface area (Å²) in [6.45, 7) is 5.89. The third kappa shape index (κ3) is 6.20. The number of nitrogens with one attached hydrogen (secondary N) is 3. The zero-order chi connectivity index (χ0) is 23.4. The number of fused-ring (bicyclic) bond motifs is 1. The Kier molecular flexibility index (Phi) is 6.93. The molecule has 0 saturated carbocycles. The molecule has 1 aliphatic rings. The molecule has 3 amide bonds. The smallest absolute Gasteiger partial charge is 0.490 e. The largest absolute Gasteiger partial charge is 0.491 e. The topological polar surface area (TPSA) is 130 Å². The molecule has 1 fully saturated rings. The Balaban J connectivity index is 0.000000423. The number of carbonyl (C=O) groups is 3. The number of carboxylic acid groups (broad SMARTS) is 1. The highest BCUT2D eigenvalue weighted by atomic mass is 19.4. The summed E-state index contributed by atoms with van der Waals surface area (Å²) >= 11 is 0. The van der Waals surface area contributed by atoms with Crippen molar-refractivity contribution in [2.45, 2.75) is 38.6 Å². The Bertz CT molecular complexity index is 996. The van der Waals surface area contributed by atoms with Crippen LogP contribution in [0.1, 0.15) is 20.8 Å². The van der Waals surface area contributed by atoms with Gasteiger partial charge in [0.05, 0.1) is 11.6 Å². The molecule has 0 aliphatic carbocycles. The Morgan fingerprint density at radius 2 is 1.94 bits per heavy atom. The summed E-state index contributed by atoms with van der Waals surface area (Å²) in [4.78, 5) is 36.5. The third-order valence-electron chi connectivity index (χ3n) is 4.08. The highest BCUT2D eigenvalue weighted by molar-refractivity contribution is 6.07. The Morgan fingerprint density at radius 3 is 2.45 bits per heavy atom. The summed E-state index contributed by atoms with van der Waals surface area (Å²) in [5.74, 6) is -2.34. The van der Waals surface area contributed by atoms with Crippen molar-refractivity contribution >= 4 is 34.5 Å². The summed E-state index contributed by atoms with van der Waals surface area (Å²) in [7, 11) is 0. The first-order valence-electron chi connectivity index (χ1n) is 9.05. The second-order valence-electron chi connectivity index (χ2n) is 7.10. The molecule has 1 atom stereocenters. The number of amides is 3. The predicted molar refractivity (Wildman–Crippen MR) is 105 cm³/mol. The predicted octanol–water partition coefficient (Wildman–Crippen LogP) is 2.67. The maximum Gasteiger partial charge on any atom is 0.490 e. The second-order valence-corrected chi connectivity index (χ2v) is 7.10. The van der Waals surface area contributed by atoms with Crippen LogP contribution in [-0.2, 0) is 9.59 Å². The SMILES string of the molecule is CC(C)Oc1ccc2c(NCC3(C)NC(=O)NC3=O)ccnc2c1.O=C(O)C(F)(F)F. The molecule has 12 heteroatoms. The van der Waals surface area contributed by atoms with Crippen molar-refractivity contribution in [2.24, 2.45) is 0 Å². The van der Waals surface area contributed by atoms with E-state index in [-0.39, 0.29) is 18.6 Å². The number of imide groups is 1. The number of aliphatic carboxylic acids is 1. The fraction of sp³-hybridized carbons (Fsp3) is 0.368. The van der Waals surface area contributed by atoms with Crippen LogP contribution in [0.4, 0.5) is 23.7 Å². The van der Waals surface area contributed by atoms with Gasteiger partial charge >= 0.3 is 18.2 Å². The first-order chi connectivity index (χ1) is 14.3. The number of pyridine rings is 1. The number of halogens is 3. The first-order valence-corrected chi connectivity index (χ1v) is 9.05. The van der Waals surface area contributed by atoms with Gasteiger partial charge in [-0.1, -0.05) is 0 Å². The molecule has 3 rings (SSSR count). The van der Waals surface area contributed by atoms with E-state index in [2.05, 4.69) is 20.9 Å². The molecule has 0 radical (unpaired) electrons.